The molecule has 6 heteroatoms. The molecule has 0 heterocycles. The molecule has 0 saturated heterocycles. The van der Waals surface area contributed by atoms with Gasteiger partial charge in [0.2, 0.25) is 5.91 Å². The number of ether oxygens (including phenoxy) is 1. The highest BCUT2D eigenvalue weighted by atomic mass is 16.5. The summed E-state index contributed by atoms with van der Waals surface area (Å²) in [6.07, 6.45) is 114. The van der Waals surface area contributed by atoms with E-state index in [1.54, 1.807) is 0 Å². The molecule has 0 aliphatic rings. The van der Waals surface area contributed by atoms with E-state index in [1.165, 1.54) is 424 Å². The van der Waals surface area contributed by atoms with Crippen LogP contribution < -0.4 is 5.32 Å². The third-order valence-corrected chi connectivity index (χ3v) is 21.2. The van der Waals surface area contributed by atoms with Crippen LogP contribution in [0.15, 0.2) is 36.5 Å². The number of nitrogens with one attached hydrogen (secondary N) is 1. The van der Waals surface area contributed by atoms with Crippen LogP contribution in [0.25, 0.3) is 0 Å². The van der Waals surface area contributed by atoms with Crippen LogP contribution in [0, 0.1) is 0 Å². The zero-order valence-electron chi connectivity index (χ0n) is 66.1. The van der Waals surface area contributed by atoms with E-state index in [0.29, 0.717) is 25.9 Å². The Morgan fingerprint density at radius 3 is 0.804 bits per heavy atom. The number of carbonyl (C=O) groups excluding carboxylic acids is 2. The van der Waals surface area contributed by atoms with Crippen LogP contribution >= 0.6 is 0 Å². The van der Waals surface area contributed by atoms with E-state index in [0.717, 1.165) is 51.4 Å². The largest absolute Gasteiger partial charge is 0.466 e. The Kier molecular flexibility index (Phi) is 84.8. The first-order valence-electron chi connectivity index (χ1n) is 44.7. The second kappa shape index (κ2) is 86.5. The van der Waals surface area contributed by atoms with Crippen LogP contribution in [-0.2, 0) is 14.3 Å². The van der Waals surface area contributed by atoms with Crippen molar-refractivity contribution in [1.29, 1.82) is 0 Å². The van der Waals surface area contributed by atoms with E-state index in [2.05, 4.69) is 55.6 Å². The molecule has 3 N–H and O–H groups in total. The van der Waals surface area contributed by atoms with Crippen LogP contribution in [0.1, 0.15) is 508 Å². The first-order valence-corrected chi connectivity index (χ1v) is 44.7. The van der Waals surface area contributed by atoms with Crippen molar-refractivity contribution in [2.24, 2.45) is 0 Å². The predicted molar refractivity (Wildman–Crippen MR) is 430 cm³/mol. The summed E-state index contributed by atoms with van der Waals surface area (Å²) in [6.45, 7) is 4.99. The van der Waals surface area contributed by atoms with Crippen molar-refractivity contribution < 1.29 is 24.5 Å². The molecule has 0 aromatic rings. The predicted octanol–water partition coefficient (Wildman–Crippen LogP) is 30.1. The number of allylic oxidation sites excluding steroid dienone is 6. The molecular weight excluding hydrogens is 1190 g/mol. The lowest BCUT2D eigenvalue weighted by Gasteiger charge is -2.22. The first-order chi connectivity index (χ1) is 48.0. The SMILES string of the molecule is CCCCCC/C=C\C/C=C\CCCCCCCCCC(=O)OCCCCCCCCCCCCCCCCCCCC/C=C\CCCCCCCCCCCCCCCCCCCC(=O)NC(CO)C(O)CCCCCCCCCCCCCCCCCCCCCCCCC. The van der Waals surface area contributed by atoms with E-state index >= 15 is 0 Å². The minimum Gasteiger partial charge on any atom is -0.466 e. The van der Waals surface area contributed by atoms with Crippen molar-refractivity contribution in [2.45, 2.75) is 520 Å². The Morgan fingerprint density at radius 2 is 0.515 bits per heavy atom. The molecule has 1 amide bonds. The van der Waals surface area contributed by atoms with E-state index in [1.807, 2.05) is 0 Å². The van der Waals surface area contributed by atoms with Gasteiger partial charge in [0, 0.05) is 12.8 Å². The molecule has 2 unspecified atom stereocenters. The molecule has 0 radical (unpaired) electrons. The number of amides is 1. The van der Waals surface area contributed by atoms with Crippen LogP contribution in [-0.4, -0.2) is 47.4 Å². The zero-order valence-corrected chi connectivity index (χ0v) is 66.1. The number of esters is 1. The number of hydrogen-bond donors (Lipinski definition) is 3. The first kappa shape index (κ1) is 95.1. The van der Waals surface area contributed by atoms with E-state index in [-0.39, 0.29) is 18.5 Å². The lowest BCUT2D eigenvalue weighted by molar-refractivity contribution is -0.143. The van der Waals surface area contributed by atoms with Gasteiger partial charge >= 0.3 is 5.97 Å². The highest BCUT2D eigenvalue weighted by molar-refractivity contribution is 5.76. The van der Waals surface area contributed by atoms with Gasteiger partial charge in [-0.1, -0.05) is 448 Å². The van der Waals surface area contributed by atoms with E-state index < -0.39 is 12.1 Å². The topological polar surface area (TPSA) is 95.9 Å². The minimum absolute atomic E-state index is 0.0161. The van der Waals surface area contributed by atoms with Crippen LogP contribution in [0.4, 0.5) is 0 Å². The standard InChI is InChI=1S/C91H175NO5/c1-3-5-7-9-11-13-15-17-19-21-23-24-42-45-48-51-55-59-63-67-71-75-79-83-89(94)88(87-93)92-90(95)84-80-76-72-68-64-60-56-52-49-46-43-40-38-36-34-32-30-28-26-25-27-29-31-33-35-37-39-41-44-47-50-54-58-62-66-70-74-78-82-86-97-91(96)85-81-77-73-69-65-61-57-53-22-20-18-16-14-12-10-8-6-4-2/h14,16,20,22,25-26,88-89,93-94H,3-13,15,17-19,21,23-24,27-87H2,1-2H3,(H,92,95)/b16-14-,22-20-,26-25-. The summed E-state index contributed by atoms with van der Waals surface area (Å²) in [6, 6.07) is -0.540. The highest BCUT2D eigenvalue weighted by Crippen LogP contribution is 2.21. The van der Waals surface area contributed by atoms with Gasteiger partial charge in [-0.05, 0) is 83.5 Å². The number of carbonyl (C=O) groups is 2. The molecule has 0 saturated carbocycles. The molecule has 6 nitrogen and oxygen atoms in total. The average molecular weight is 1360 g/mol. The maximum Gasteiger partial charge on any atom is 0.305 e. The van der Waals surface area contributed by atoms with Gasteiger partial charge in [0.15, 0.2) is 0 Å². The maximum atomic E-state index is 12.6. The quantitative estimate of drug-likeness (QED) is 0.0320. The minimum atomic E-state index is -0.663. The Balaban J connectivity index is 3.33. The molecule has 97 heavy (non-hydrogen) atoms. The molecule has 0 rings (SSSR count). The summed E-state index contributed by atoms with van der Waals surface area (Å²) < 4.78 is 5.52. The molecule has 0 aromatic heterocycles. The number of rotatable bonds is 85. The van der Waals surface area contributed by atoms with Crippen molar-refractivity contribution >= 4 is 11.9 Å². The van der Waals surface area contributed by atoms with E-state index in [4.69, 9.17) is 4.74 Å². The zero-order chi connectivity index (χ0) is 69.8. The fourth-order valence-electron chi connectivity index (χ4n) is 14.4. The Labute approximate surface area is 608 Å². The van der Waals surface area contributed by atoms with Crippen molar-refractivity contribution in [2.75, 3.05) is 13.2 Å². The van der Waals surface area contributed by atoms with Crippen molar-refractivity contribution in [3.05, 3.63) is 36.5 Å². The van der Waals surface area contributed by atoms with Gasteiger partial charge in [-0.15, -0.1) is 0 Å². The van der Waals surface area contributed by atoms with Crippen LogP contribution in [0.3, 0.4) is 0 Å². The second-order valence-electron chi connectivity index (χ2n) is 30.9. The molecule has 0 aliphatic heterocycles. The Morgan fingerprint density at radius 1 is 0.289 bits per heavy atom. The van der Waals surface area contributed by atoms with Crippen molar-refractivity contribution in [1.82, 2.24) is 5.32 Å². The number of aliphatic hydroxyl groups is 2. The summed E-state index contributed by atoms with van der Waals surface area (Å²) >= 11 is 0. The molecule has 0 bridgehead atoms. The smallest absolute Gasteiger partial charge is 0.305 e. The highest BCUT2D eigenvalue weighted by Gasteiger charge is 2.20. The lowest BCUT2D eigenvalue weighted by Crippen LogP contribution is -2.45. The van der Waals surface area contributed by atoms with Gasteiger partial charge in [-0.25, -0.2) is 0 Å². The van der Waals surface area contributed by atoms with Gasteiger partial charge in [0.25, 0.3) is 0 Å². The van der Waals surface area contributed by atoms with Gasteiger partial charge in [-0.2, -0.15) is 0 Å². The third kappa shape index (κ3) is 82.9. The fourth-order valence-corrected chi connectivity index (χ4v) is 14.4. The van der Waals surface area contributed by atoms with E-state index in [9.17, 15) is 19.8 Å². The van der Waals surface area contributed by atoms with Gasteiger partial charge in [0.05, 0.1) is 25.4 Å². The summed E-state index contributed by atoms with van der Waals surface area (Å²) in [5, 5.41) is 23.5. The van der Waals surface area contributed by atoms with Crippen molar-refractivity contribution in [3.63, 3.8) is 0 Å². The molecule has 0 spiro atoms. The van der Waals surface area contributed by atoms with Crippen LogP contribution in [0.5, 0.6) is 0 Å². The number of unbranched alkanes of at least 4 members (excludes halogenated alkanes) is 68. The molecule has 574 valence electrons. The summed E-state index contributed by atoms with van der Waals surface area (Å²) in [5.74, 6) is -0.00847. The molecule has 0 fully saturated rings. The van der Waals surface area contributed by atoms with Gasteiger partial charge in [-0.3, -0.25) is 9.59 Å². The second-order valence-corrected chi connectivity index (χ2v) is 30.9. The summed E-state index contributed by atoms with van der Waals surface area (Å²) in [4.78, 5) is 24.7. The molecule has 0 aromatic carbocycles. The third-order valence-electron chi connectivity index (χ3n) is 21.2. The lowest BCUT2D eigenvalue weighted by atomic mass is 10.0. The van der Waals surface area contributed by atoms with Gasteiger partial charge in [0.1, 0.15) is 0 Å². The normalized spacial score (nSPS) is 12.6. The maximum absolute atomic E-state index is 12.6. The Hall–Kier alpha value is -1.92. The Bertz CT molecular complexity index is 1570. The number of aliphatic hydroxyl groups excluding tert-OH is 2. The average Bonchev–Trinajstić information content (AvgIpc) is 2.52. The molecular formula is C91H175NO5. The molecule has 0 aliphatic carbocycles. The number of hydrogen-bond acceptors (Lipinski definition) is 5. The summed E-state index contributed by atoms with van der Waals surface area (Å²) in [5.41, 5.74) is 0. The molecule has 2 atom stereocenters. The van der Waals surface area contributed by atoms with Gasteiger partial charge < -0.3 is 20.3 Å². The fraction of sp³-hybridized carbons (Fsp3) is 0.912. The van der Waals surface area contributed by atoms with Crippen LogP contribution in [0.2, 0.25) is 0 Å². The monoisotopic (exact) mass is 1360 g/mol. The van der Waals surface area contributed by atoms with Crippen molar-refractivity contribution in [3.8, 4) is 0 Å². The summed E-state index contributed by atoms with van der Waals surface area (Å²) in [7, 11) is 0.